The molecule has 1 aliphatic rings. The number of hydrogen-bond acceptors (Lipinski definition) is 3. The quantitative estimate of drug-likeness (QED) is 0.912. The smallest absolute Gasteiger partial charge is 0.0591 e. The molecule has 110 valence electrons. The van der Waals surface area contributed by atoms with E-state index in [0.717, 1.165) is 24.0 Å². The summed E-state index contributed by atoms with van der Waals surface area (Å²) in [5, 5.41) is 11.3. The van der Waals surface area contributed by atoms with Crippen LogP contribution in [-0.2, 0) is 17.6 Å². The molecule has 3 nitrogen and oxygen atoms in total. The molecule has 0 saturated heterocycles. The zero-order valence-electron chi connectivity index (χ0n) is 11.5. The molecule has 0 heterocycles. The SMILES string of the molecule is Cl.NC(C(=O)[O-])C1c2ccccc2CCc2ccccc21. The van der Waals surface area contributed by atoms with Crippen molar-refractivity contribution in [3.8, 4) is 0 Å². The average molecular weight is 303 g/mol. The Bertz CT molecular complexity index is 609. The normalized spacial score (nSPS) is 15.1. The molecular formula is C17H17ClNO2-. The number of fused-ring (bicyclic) bond motifs is 2. The minimum absolute atomic E-state index is 0. The van der Waals surface area contributed by atoms with Crippen LogP contribution in [0, 0.1) is 0 Å². The number of carbonyl (C=O) groups excluding carboxylic acids is 1. The van der Waals surface area contributed by atoms with Gasteiger partial charge < -0.3 is 15.6 Å². The summed E-state index contributed by atoms with van der Waals surface area (Å²) < 4.78 is 0. The van der Waals surface area contributed by atoms with Crippen molar-refractivity contribution < 1.29 is 9.90 Å². The highest BCUT2D eigenvalue weighted by Gasteiger charge is 2.28. The summed E-state index contributed by atoms with van der Waals surface area (Å²) in [6.07, 6.45) is 1.81. The van der Waals surface area contributed by atoms with Crippen molar-refractivity contribution in [2.75, 3.05) is 0 Å². The van der Waals surface area contributed by atoms with Crippen molar-refractivity contribution in [1.29, 1.82) is 0 Å². The molecule has 0 aliphatic heterocycles. The number of aliphatic carboxylic acids is 1. The number of carbonyl (C=O) groups is 1. The first-order valence-corrected chi connectivity index (χ1v) is 6.80. The first-order valence-electron chi connectivity index (χ1n) is 6.80. The summed E-state index contributed by atoms with van der Waals surface area (Å²) in [7, 11) is 0. The zero-order chi connectivity index (χ0) is 14.1. The Morgan fingerprint density at radius 2 is 1.43 bits per heavy atom. The van der Waals surface area contributed by atoms with E-state index in [1.165, 1.54) is 11.1 Å². The van der Waals surface area contributed by atoms with E-state index in [1.54, 1.807) is 0 Å². The third-order valence-electron chi connectivity index (χ3n) is 4.08. The van der Waals surface area contributed by atoms with E-state index in [1.807, 2.05) is 36.4 Å². The van der Waals surface area contributed by atoms with E-state index in [0.29, 0.717) is 0 Å². The summed E-state index contributed by atoms with van der Waals surface area (Å²) in [6.45, 7) is 0. The molecule has 1 unspecified atom stereocenters. The van der Waals surface area contributed by atoms with Gasteiger partial charge in [0.2, 0.25) is 0 Å². The molecule has 3 rings (SSSR count). The Morgan fingerprint density at radius 1 is 1.00 bits per heavy atom. The maximum absolute atomic E-state index is 11.3. The molecule has 0 spiro atoms. The van der Waals surface area contributed by atoms with Gasteiger partial charge in [-0.05, 0) is 35.1 Å². The van der Waals surface area contributed by atoms with E-state index in [9.17, 15) is 9.90 Å². The third-order valence-corrected chi connectivity index (χ3v) is 4.08. The van der Waals surface area contributed by atoms with Crippen LogP contribution >= 0.6 is 12.4 Å². The molecule has 0 saturated carbocycles. The lowest BCUT2D eigenvalue weighted by atomic mass is 9.83. The van der Waals surface area contributed by atoms with Crippen molar-refractivity contribution in [2.45, 2.75) is 24.8 Å². The highest BCUT2D eigenvalue weighted by atomic mass is 35.5. The van der Waals surface area contributed by atoms with Crippen LogP contribution < -0.4 is 10.8 Å². The second kappa shape index (κ2) is 6.29. The lowest BCUT2D eigenvalue weighted by Gasteiger charge is -2.27. The maximum atomic E-state index is 11.3. The fourth-order valence-corrected chi connectivity index (χ4v) is 3.09. The number of hydrogen-bond donors (Lipinski definition) is 1. The van der Waals surface area contributed by atoms with E-state index >= 15 is 0 Å². The molecule has 0 bridgehead atoms. The van der Waals surface area contributed by atoms with Gasteiger partial charge in [-0.25, -0.2) is 0 Å². The van der Waals surface area contributed by atoms with Crippen LogP contribution in [0.2, 0.25) is 0 Å². The van der Waals surface area contributed by atoms with Gasteiger partial charge in [-0.2, -0.15) is 0 Å². The van der Waals surface area contributed by atoms with Gasteiger partial charge in [0, 0.05) is 5.92 Å². The Labute approximate surface area is 130 Å². The molecule has 21 heavy (non-hydrogen) atoms. The topological polar surface area (TPSA) is 66.2 Å². The second-order valence-electron chi connectivity index (χ2n) is 5.22. The molecular weight excluding hydrogens is 286 g/mol. The summed E-state index contributed by atoms with van der Waals surface area (Å²) in [5.41, 5.74) is 10.3. The van der Waals surface area contributed by atoms with Gasteiger partial charge in [-0.1, -0.05) is 48.5 Å². The Balaban J connectivity index is 0.00000161. The highest BCUT2D eigenvalue weighted by Crippen LogP contribution is 2.35. The number of rotatable bonds is 2. The van der Waals surface area contributed by atoms with Crippen molar-refractivity contribution in [3.05, 3.63) is 70.8 Å². The largest absolute Gasteiger partial charge is 0.548 e. The average Bonchev–Trinajstić information content (AvgIpc) is 2.63. The lowest BCUT2D eigenvalue weighted by molar-refractivity contribution is -0.307. The minimum atomic E-state index is -1.21. The molecule has 2 aromatic carbocycles. The van der Waals surface area contributed by atoms with Gasteiger partial charge >= 0.3 is 0 Å². The van der Waals surface area contributed by atoms with Crippen LogP contribution in [-0.4, -0.2) is 12.0 Å². The van der Waals surface area contributed by atoms with Crippen molar-refractivity contribution in [3.63, 3.8) is 0 Å². The van der Waals surface area contributed by atoms with E-state index in [2.05, 4.69) is 12.1 Å². The Morgan fingerprint density at radius 3 is 1.86 bits per heavy atom. The summed E-state index contributed by atoms with van der Waals surface area (Å²) in [6, 6.07) is 14.9. The van der Waals surface area contributed by atoms with Crippen LogP contribution in [0.1, 0.15) is 28.2 Å². The second-order valence-corrected chi connectivity index (χ2v) is 5.22. The number of aryl methyl sites for hydroxylation is 2. The van der Waals surface area contributed by atoms with Gasteiger partial charge in [-0.15, -0.1) is 12.4 Å². The van der Waals surface area contributed by atoms with E-state index in [-0.39, 0.29) is 18.3 Å². The zero-order valence-corrected chi connectivity index (χ0v) is 12.3. The minimum Gasteiger partial charge on any atom is -0.548 e. The highest BCUT2D eigenvalue weighted by molar-refractivity contribution is 5.85. The third kappa shape index (κ3) is 2.80. The van der Waals surface area contributed by atoms with Crippen molar-refractivity contribution >= 4 is 18.4 Å². The van der Waals surface area contributed by atoms with Crippen LogP contribution in [0.3, 0.4) is 0 Å². The standard InChI is InChI=1S/C17H17NO2.ClH/c18-16(17(19)20)15-13-7-3-1-5-11(13)9-10-12-6-2-4-8-14(12)15;/h1-8,15-16H,9-10,18H2,(H,19,20);1H/p-1. The van der Waals surface area contributed by atoms with Gasteiger partial charge in [0.25, 0.3) is 0 Å². The predicted octanol–water partition coefficient (Wildman–Crippen LogP) is 1.42. The van der Waals surface area contributed by atoms with Crippen LogP contribution in [0.5, 0.6) is 0 Å². The molecule has 2 aromatic rings. The Kier molecular flexibility index (Phi) is 4.66. The molecule has 1 atom stereocenters. The number of benzene rings is 2. The monoisotopic (exact) mass is 302 g/mol. The van der Waals surface area contributed by atoms with Gasteiger partial charge in [-0.3, -0.25) is 0 Å². The van der Waals surface area contributed by atoms with Crippen LogP contribution in [0.15, 0.2) is 48.5 Å². The number of nitrogens with two attached hydrogens (primary N) is 1. The van der Waals surface area contributed by atoms with Gasteiger partial charge in [0.05, 0.1) is 12.0 Å². The molecule has 4 heteroatoms. The van der Waals surface area contributed by atoms with E-state index in [4.69, 9.17) is 5.73 Å². The molecule has 0 fully saturated rings. The number of carboxylic acids is 1. The first kappa shape index (κ1) is 15.5. The molecule has 0 amide bonds. The van der Waals surface area contributed by atoms with Crippen molar-refractivity contribution in [1.82, 2.24) is 0 Å². The summed E-state index contributed by atoms with van der Waals surface area (Å²) >= 11 is 0. The van der Waals surface area contributed by atoms with Gasteiger partial charge in [0.15, 0.2) is 0 Å². The maximum Gasteiger partial charge on any atom is 0.0591 e. The van der Waals surface area contributed by atoms with Gasteiger partial charge in [0.1, 0.15) is 0 Å². The molecule has 0 aromatic heterocycles. The molecule has 1 aliphatic carbocycles. The fourth-order valence-electron chi connectivity index (χ4n) is 3.09. The van der Waals surface area contributed by atoms with Crippen LogP contribution in [0.25, 0.3) is 0 Å². The predicted molar refractivity (Wildman–Crippen MR) is 82.4 cm³/mol. The summed E-state index contributed by atoms with van der Waals surface area (Å²) in [5.74, 6) is -1.54. The first-order chi connectivity index (χ1) is 9.68. The molecule has 0 radical (unpaired) electrons. The number of carboxylic acid groups (broad SMARTS) is 1. The van der Waals surface area contributed by atoms with Crippen molar-refractivity contribution in [2.24, 2.45) is 5.73 Å². The fraction of sp³-hybridized carbons (Fsp3) is 0.235. The van der Waals surface area contributed by atoms with E-state index < -0.39 is 12.0 Å². The lowest BCUT2D eigenvalue weighted by Crippen LogP contribution is -2.46. The number of halogens is 1. The summed E-state index contributed by atoms with van der Waals surface area (Å²) in [4.78, 5) is 11.3. The van der Waals surface area contributed by atoms with Crippen LogP contribution in [0.4, 0.5) is 0 Å². The Hall–Kier alpha value is -1.84. The molecule has 2 N–H and O–H groups in total.